The molecule has 0 radical (unpaired) electrons. The first-order chi connectivity index (χ1) is 20.7. The highest BCUT2D eigenvalue weighted by atomic mass is 16.3. The van der Waals surface area contributed by atoms with E-state index in [2.05, 4.69) is 32.6 Å². The number of aliphatic hydroxyl groups is 1. The van der Waals surface area contributed by atoms with E-state index in [1.807, 2.05) is 0 Å². The first-order valence-corrected chi connectivity index (χ1v) is 19.2. The summed E-state index contributed by atoms with van der Waals surface area (Å²) in [6, 6.07) is 0. The second-order valence-electron chi connectivity index (χ2n) is 16.2. The second kappa shape index (κ2) is 16.6. The van der Waals surface area contributed by atoms with E-state index in [1.54, 1.807) is 0 Å². The Bertz CT molecular complexity index is 861. The fourth-order valence-electron chi connectivity index (χ4n) is 10.7. The zero-order valence-electron chi connectivity index (χ0n) is 28.9. The quantitative estimate of drug-likeness (QED) is 0.160. The zero-order valence-corrected chi connectivity index (χ0v) is 28.9. The van der Waals surface area contributed by atoms with Crippen molar-refractivity contribution in [2.45, 2.75) is 181 Å². The lowest BCUT2D eigenvalue weighted by molar-refractivity contribution is -0.156. The molecule has 1 N–H and O–H groups in total. The third-order valence-corrected chi connectivity index (χ3v) is 13.5. The number of rotatable bonds is 18. The molecule has 0 aromatic carbocycles. The van der Waals surface area contributed by atoms with E-state index in [0.29, 0.717) is 28.9 Å². The normalized spacial score (nSPS) is 35.3. The number of fused-ring (bicyclic) bond motifs is 5. The van der Waals surface area contributed by atoms with Gasteiger partial charge in [-0.3, -0.25) is 9.59 Å². The first kappa shape index (κ1) is 35.0. The Kier molecular flexibility index (Phi) is 13.5. The van der Waals surface area contributed by atoms with Crippen LogP contribution >= 0.6 is 0 Å². The summed E-state index contributed by atoms with van der Waals surface area (Å²) in [5, 5.41) is 11.0. The Labute approximate surface area is 265 Å². The number of amides is 1. The summed E-state index contributed by atoms with van der Waals surface area (Å²) in [6.07, 6.45) is 26.3. The minimum absolute atomic E-state index is 0.111. The molecule has 4 fully saturated rings. The summed E-state index contributed by atoms with van der Waals surface area (Å²) in [4.78, 5) is 27.8. The maximum absolute atomic E-state index is 13.1. The van der Waals surface area contributed by atoms with E-state index < -0.39 is 0 Å². The second-order valence-corrected chi connectivity index (χ2v) is 16.2. The average Bonchev–Trinajstić information content (AvgIpc) is 3.30. The molecule has 4 heteroatoms. The van der Waals surface area contributed by atoms with Crippen molar-refractivity contribution >= 4 is 11.7 Å². The van der Waals surface area contributed by atoms with Gasteiger partial charge in [-0.1, -0.05) is 98.3 Å². The lowest BCUT2D eigenvalue weighted by Gasteiger charge is -2.62. The fraction of sp³-hybridized carbons (Fsp3) is 0.949. The van der Waals surface area contributed by atoms with Crippen LogP contribution in [0.4, 0.5) is 0 Å². The molecule has 0 aromatic rings. The lowest BCUT2D eigenvalue weighted by Crippen LogP contribution is -2.57. The molecule has 4 aliphatic rings. The number of ketones is 1. The largest absolute Gasteiger partial charge is 0.393 e. The first-order valence-electron chi connectivity index (χ1n) is 19.2. The van der Waals surface area contributed by atoms with Gasteiger partial charge in [0.25, 0.3) is 0 Å². The van der Waals surface area contributed by atoms with Gasteiger partial charge in [0, 0.05) is 32.4 Å². The molecule has 248 valence electrons. The van der Waals surface area contributed by atoms with Crippen LogP contribution in [0.15, 0.2) is 0 Å². The predicted octanol–water partition coefficient (Wildman–Crippen LogP) is 9.91. The van der Waals surface area contributed by atoms with Gasteiger partial charge in [0.05, 0.1) is 6.10 Å². The number of carbonyl (C=O) groups excluding carboxylic acids is 2. The third-order valence-electron chi connectivity index (χ3n) is 13.5. The van der Waals surface area contributed by atoms with Gasteiger partial charge < -0.3 is 10.0 Å². The fourth-order valence-corrected chi connectivity index (χ4v) is 10.7. The summed E-state index contributed by atoms with van der Waals surface area (Å²) in [5.74, 6) is 4.35. The molecule has 0 aromatic heterocycles. The SMILES string of the molecule is CCCCCCN(CCCCCC)C(=O)CCCCCCC[C@@H]1C[C@H]2CC(=O)CC[C@]2(C)[C@H]2CC[C@]3(C)[C@@H](O)CC[C@H]3[C@H]12. The van der Waals surface area contributed by atoms with Gasteiger partial charge in [0.2, 0.25) is 5.91 Å². The molecule has 4 aliphatic carbocycles. The minimum Gasteiger partial charge on any atom is -0.393 e. The van der Waals surface area contributed by atoms with Gasteiger partial charge in [-0.25, -0.2) is 0 Å². The van der Waals surface area contributed by atoms with Crippen LogP contribution in [0.25, 0.3) is 0 Å². The molecule has 0 heterocycles. The van der Waals surface area contributed by atoms with Crippen molar-refractivity contribution in [2.24, 2.45) is 40.4 Å². The standard InChI is InChI=1S/C39H69NO3/c1-5-7-9-16-26-40(27-17-10-8-6-2)36(43)19-15-13-11-12-14-18-30-28-31-29-32(41)22-24-38(31,3)34-23-25-39(4)33(37(30)34)20-21-35(39)42/h30-31,33-35,37,42H,5-29H2,1-4H3/t30-,31+,33+,34+,35+,37+,38+,39+/m1/s1. The topological polar surface area (TPSA) is 57.6 Å². The van der Waals surface area contributed by atoms with Crippen LogP contribution in [-0.2, 0) is 9.59 Å². The minimum atomic E-state index is -0.121. The maximum atomic E-state index is 13.1. The number of hydrogen-bond donors (Lipinski definition) is 1. The van der Waals surface area contributed by atoms with Gasteiger partial charge in [-0.2, -0.15) is 0 Å². The maximum Gasteiger partial charge on any atom is 0.222 e. The number of aliphatic hydroxyl groups excluding tert-OH is 1. The van der Waals surface area contributed by atoms with Crippen LogP contribution < -0.4 is 0 Å². The van der Waals surface area contributed by atoms with Crippen molar-refractivity contribution < 1.29 is 14.7 Å². The number of nitrogens with zero attached hydrogens (tertiary/aromatic N) is 1. The smallest absolute Gasteiger partial charge is 0.222 e. The van der Waals surface area contributed by atoms with Gasteiger partial charge in [0.15, 0.2) is 0 Å². The van der Waals surface area contributed by atoms with Crippen LogP contribution in [-0.4, -0.2) is 40.9 Å². The Morgan fingerprint density at radius 1 is 0.791 bits per heavy atom. The van der Waals surface area contributed by atoms with Crippen LogP contribution in [0, 0.1) is 40.4 Å². The highest BCUT2D eigenvalue weighted by Gasteiger charge is 2.62. The van der Waals surface area contributed by atoms with E-state index in [0.717, 1.165) is 82.2 Å². The lowest BCUT2D eigenvalue weighted by atomic mass is 9.42. The Balaban J connectivity index is 1.23. The highest BCUT2D eigenvalue weighted by molar-refractivity contribution is 5.79. The van der Waals surface area contributed by atoms with Crippen molar-refractivity contribution in [1.29, 1.82) is 0 Å². The molecule has 0 unspecified atom stereocenters. The Morgan fingerprint density at radius 2 is 1.42 bits per heavy atom. The van der Waals surface area contributed by atoms with E-state index in [-0.39, 0.29) is 11.5 Å². The molecule has 0 saturated heterocycles. The molecule has 0 aliphatic heterocycles. The van der Waals surface area contributed by atoms with E-state index in [9.17, 15) is 14.7 Å². The highest BCUT2D eigenvalue weighted by Crippen LogP contribution is 2.67. The van der Waals surface area contributed by atoms with Gasteiger partial charge >= 0.3 is 0 Å². The summed E-state index contributed by atoms with van der Waals surface area (Å²) >= 11 is 0. The molecule has 0 spiro atoms. The number of Topliss-reactive ketones (excluding diaryl/α,β-unsaturated/α-hetero) is 1. The molecule has 4 nitrogen and oxygen atoms in total. The van der Waals surface area contributed by atoms with Crippen LogP contribution in [0.2, 0.25) is 0 Å². The van der Waals surface area contributed by atoms with Crippen LogP contribution in [0.3, 0.4) is 0 Å². The Hall–Kier alpha value is -0.900. The Morgan fingerprint density at radius 3 is 2.12 bits per heavy atom. The average molecular weight is 600 g/mol. The third kappa shape index (κ3) is 8.48. The van der Waals surface area contributed by atoms with E-state index in [4.69, 9.17) is 0 Å². The molecular weight excluding hydrogens is 530 g/mol. The van der Waals surface area contributed by atoms with Crippen molar-refractivity contribution in [1.82, 2.24) is 4.90 Å². The summed E-state index contributed by atoms with van der Waals surface area (Å²) < 4.78 is 0. The summed E-state index contributed by atoms with van der Waals surface area (Å²) in [5.41, 5.74) is 0.440. The predicted molar refractivity (Wildman–Crippen MR) is 179 cm³/mol. The van der Waals surface area contributed by atoms with Gasteiger partial charge in [-0.05, 0) is 98.2 Å². The summed E-state index contributed by atoms with van der Waals surface area (Å²) in [6.45, 7) is 11.4. The van der Waals surface area contributed by atoms with Crippen LogP contribution in [0.5, 0.6) is 0 Å². The van der Waals surface area contributed by atoms with Crippen molar-refractivity contribution in [3.63, 3.8) is 0 Å². The van der Waals surface area contributed by atoms with Crippen molar-refractivity contribution in [3.8, 4) is 0 Å². The van der Waals surface area contributed by atoms with Crippen molar-refractivity contribution in [2.75, 3.05) is 13.1 Å². The van der Waals surface area contributed by atoms with Gasteiger partial charge in [0.1, 0.15) is 5.78 Å². The molecule has 4 rings (SSSR count). The van der Waals surface area contributed by atoms with Crippen molar-refractivity contribution in [3.05, 3.63) is 0 Å². The monoisotopic (exact) mass is 600 g/mol. The molecule has 43 heavy (non-hydrogen) atoms. The molecular formula is C39H69NO3. The van der Waals surface area contributed by atoms with E-state index in [1.165, 1.54) is 96.3 Å². The molecule has 1 amide bonds. The molecule has 0 bridgehead atoms. The number of hydrogen-bond acceptors (Lipinski definition) is 3. The summed E-state index contributed by atoms with van der Waals surface area (Å²) in [7, 11) is 0. The number of carbonyl (C=O) groups is 2. The zero-order chi connectivity index (χ0) is 30.9. The number of unbranched alkanes of at least 4 members (excludes halogenated alkanes) is 10. The van der Waals surface area contributed by atoms with E-state index >= 15 is 0 Å². The van der Waals surface area contributed by atoms with Gasteiger partial charge in [-0.15, -0.1) is 0 Å². The van der Waals surface area contributed by atoms with Crippen LogP contribution in [0.1, 0.15) is 175 Å². The molecule has 4 saturated carbocycles. The molecule has 8 atom stereocenters.